The molecule has 0 saturated heterocycles. The first-order chi connectivity index (χ1) is 14.9. The summed E-state index contributed by atoms with van der Waals surface area (Å²) in [5.41, 5.74) is 1.95. The highest BCUT2D eigenvalue weighted by Gasteiger charge is 2.20. The number of anilines is 1. The van der Waals surface area contributed by atoms with Crippen molar-refractivity contribution in [3.8, 4) is 0 Å². The number of nitrogens with one attached hydrogen (secondary N) is 2. The number of nitrogens with zero attached hydrogens (tertiary/aromatic N) is 1. The number of benzene rings is 2. The summed E-state index contributed by atoms with van der Waals surface area (Å²) in [5, 5.41) is 8.94. The predicted molar refractivity (Wildman–Crippen MR) is 121 cm³/mol. The molecule has 0 saturated carbocycles. The van der Waals surface area contributed by atoms with Gasteiger partial charge in [0.1, 0.15) is 0 Å². The van der Waals surface area contributed by atoms with Crippen molar-refractivity contribution in [1.82, 2.24) is 9.62 Å². The molecule has 0 spiro atoms. The molecular weight excluding hydrogens is 434 g/mol. The molecule has 0 atom stereocenters. The maximum Gasteiger partial charge on any atom is 0.252 e. The first kappa shape index (κ1) is 22.7. The van der Waals surface area contributed by atoms with Crippen LogP contribution < -0.4 is 10.6 Å². The van der Waals surface area contributed by atoms with Crippen molar-refractivity contribution in [3.63, 3.8) is 0 Å². The number of carbonyl (C=O) groups excluding carboxylic acids is 2. The summed E-state index contributed by atoms with van der Waals surface area (Å²) in [4.78, 5) is 24.1. The van der Waals surface area contributed by atoms with Gasteiger partial charge in [0, 0.05) is 43.2 Å². The molecule has 3 rings (SSSR count). The molecule has 0 unspecified atom stereocenters. The molecule has 2 aromatic carbocycles. The Morgan fingerprint density at radius 2 is 1.71 bits per heavy atom. The predicted octanol–water partition coefficient (Wildman–Crippen LogP) is 3.33. The first-order valence-corrected chi connectivity index (χ1v) is 11.9. The van der Waals surface area contributed by atoms with Crippen molar-refractivity contribution in [2.75, 3.05) is 18.9 Å². The molecule has 2 N–H and O–H groups in total. The van der Waals surface area contributed by atoms with Crippen LogP contribution in [-0.4, -0.2) is 38.1 Å². The number of thiophene rings is 1. The van der Waals surface area contributed by atoms with Crippen molar-refractivity contribution in [1.29, 1.82) is 0 Å². The summed E-state index contributed by atoms with van der Waals surface area (Å²) in [6, 6.07) is 17.1. The van der Waals surface area contributed by atoms with Crippen LogP contribution in [0.4, 0.5) is 5.69 Å². The van der Waals surface area contributed by atoms with Crippen molar-refractivity contribution >= 4 is 38.9 Å². The summed E-state index contributed by atoms with van der Waals surface area (Å²) in [5.74, 6) is -0.495. The average molecular weight is 458 g/mol. The standard InChI is InChI=1S/C22H23N3O4S2/c1-25(15-17-5-3-2-4-6-17)31(28,29)20-9-7-19(8-10-20)24-21(26)11-13-23-22(27)18-12-14-30-16-18/h2-10,12,14,16H,11,13,15H2,1H3,(H,23,27)(H,24,26). The van der Waals surface area contributed by atoms with Crippen molar-refractivity contribution in [3.05, 3.63) is 82.6 Å². The van der Waals surface area contributed by atoms with E-state index in [0.717, 1.165) is 5.56 Å². The second kappa shape index (κ2) is 10.3. The number of carbonyl (C=O) groups is 2. The molecule has 1 aromatic heterocycles. The summed E-state index contributed by atoms with van der Waals surface area (Å²) < 4.78 is 26.8. The quantitative estimate of drug-likeness (QED) is 0.515. The van der Waals surface area contributed by atoms with E-state index in [4.69, 9.17) is 0 Å². The largest absolute Gasteiger partial charge is 0.351 e. The monoisotopic (exact) mass is 457 g/mol. The SMILES string of the molecule is CN(Cc1ccccc1)S(=O)(=O)c1ccc(NC(=O)CCNC(=O)c2ccsc2)cc1. The van der Waals surface area contributed by atoms with Crippen LogP contribution in [0.25, 0.3) is 0 Å². The maximum absolute atomic E-state index is 12.8. The maximum atomic E-state index is 12.8. The van der Waals surface area contributed by atoms with Gasteiger partial charge in [-0.3, -0.25) is 9.59 Å². The Kier molecular flexibility index (Phi) is 7.56. The normalized spacial score (nSPS) is 11.3. The summed E-state index contributed by atoms with van der Waals surface area (Å²) >= 11 is 1.43. The van der Waals surface area contributed by atoms with Crippen molar-refractivity contribution in [2.24, 2.45) is 0 Å². The molecule has 0 fully saturated rings. The van der Waals surface area contributed by atoms with Crippen molar-refractivity contribution < 1.29 is 18.0 Å². The molecule has 0 aliphatic heterocycles. The zero-order valence-electron chi connectivity index (χ0n) is 16.9. The summed E-state index contributed by atoms with van der Waals surface area (Å²) in [6.45, 7) is 0.468. The Morgan fingerprint density at radius 3 is 2.35 bits per heavy atom. The minimum atomic E-state index is -3.65. The number of hydrogen-bond donors (Lipinski definition) is 2. The Balaban J connectivity index is 1.51. The molecular formula is C22H23N3O4S2. The van der Waals surface area contributed by atoms with E-state index < -0.39 is 10.0 Å². The molecule has 9 heteroatoms. The van der Waals surface area contributed by atoms with Crippen LogP contribution in [0.3, 0.4) is 0 Å². The van der Waals surface area contributed by atoms with Crippen molar-refractivity contribution in [2.45, 2.75) is 17.9 Å². The van der Waals surface area contributed by atoms with E-state index in [1.165, 1.54) is 34.8 Å². The van der Waals surface area contributed by atoms with Gasteiger partial charge in [0.05, 0.1) is 4.90 Å². The third-order valence-corrected chi connectivity index (χ3v) is 7.02. The van der Waals surface area contributed by atoms with Crippen LogP contribution in [0.2, 0.25) is 0 Å². The number of amides is 2. The van der Waals surface area contributed by atoms with E-state index in [9.17, 15) is 18.0 Å². The van der Waals surface area contributed by atoms with Crippen LogP contribution >= 0.6 is 11.3 Å². The van der Waals surface area contributed by atoms with Gasteiger partial charge in [0.25, 0.3) is 5.91 Å². The van der Waals surface area contributed by atoms with Gasteiger partial charge in [0.15, 0.2) is 0 Å². The fourth-order valence-corrected chi connectivity index (χ4v) is 4.62. The van der Waals surface area contributed by atoms with Gasteiger partial charge in [-0.25, -0.2) is 8.42 Å². The number of hydrogen-bond acceptors (Lipinski definition) is 5. The summed E-state index contributed by atoms with van der Waals surface area (Å²) in [6.07, 6.45) is 0.107. The van der Waals surface area contributed by atoms with E-state index in [1.807, 2.05) is 35.7 Å². The molecule has 1 heterocycles. The molecule has 0 aliphatic carbocycles. The van der Waals surface area contributed by atoms with Crippen LogP contribution in [0.1, 0.15) is 22.3 Å². The van der Waals surface area contributed by atoms with Gasteiger partial charge in [-0.1, -0.05) is 30.3 Å². The van der Waals surface area contributed by atoms with Gasteiger partial charge in [-0.05, 0) is 41.3 Å². The first-order valence-electron chi connectivity index (χ1n) is 9.57. The Hall–Kier alpha value is -3.01. The molecule has 0 aliphatic rings. The Labute approximate surface area is 185 Å². The smallest absolute Gasteiger partial charge is 0.252 e. The van der Waals surface area contributed by atoms with Gasteiger partial charge in [-0.15, -0.1) is 0 Å². The van der Waals surface area contributed by atoms with E-state index in [2.05, 4.69) is 10.6 Å². The van der Waals surface area contributed by atoms with Crippen LogP contribution in [0.5, 0.6) is 0 Å². The van der Waals surface area contributed by atoms with E-state index in [0.29, 0.717) is 11.3 Å². The van der Waals surface area contributed by atoms with Gasteiger partial charge in [0.2, 0.25) is 15.9 Å². The zero-order valence-corrected chi connectivity index (χ0v) is 18.6. The average Bonchev–Trinajstić information content (AvgIpc) is 3.30. The van der Waals surface area contributed by atoms with Gasteiger partial charge in [-0.2, -0.15) is 15.6 Å². The van der Waals surface area contributed by atoms with Crippen LogP contribution in [0, 0.1) is 0 Å². The third-order valence-electron chi connectivity index (χ3n) is 4.52. The second-order valence-corrected chi connectivity index (χ2v) is 9.66. The minimum Gasteiger partial charge on any atom is -0.351 e. The second-order valence-electron chi connectivity index (χ2n) is 6.84. The molecule has 0 bridgehead atoms. The number of sulfonamides is 1. The lowest BCUT2D eigenvalue weighted by Gasteiger charge is -2.17. The van der Waals surface area contributed by atoms with E-state index in [-0.39, 0.29) is 36.2 Å². The zero-order chi connectivity index (χ0) is 22.3. The van der Waals surface area contributed by atoms with Gasteiger partial charge >= 0.3 is 0 Å². The van der Waals surface area contributed by atoms with Gasteiger partial charge < -0.3 is 10.6 Å². The lowest BCUT2D eigenvalue weighted by atomic mass is 10.2. The highest BCUT2D eigenvalue weighted by molar-refractivity contribution is 7.89. The lowest BCUT2D eigenvalue weighted by Crippen LogP contribution is -2.27. The molecule has 3 aromatic rings. The molecule has 7 nitrogen and oxygen atoms in total. The summed E-state index contributed by atoms with van der Waals surface area (Å²) in [7, 11) is -2.12. The van der Waals surface area contributed by atoms with Crippen LogP contribution in [-0.2, 0) is 21.4 Å². The number of rotatable bonds is 9. The molecule has 31 heavy (non-hydrogen) atoms. The molecule has 2 amide bonds. The molecule has 162 valence electrons. The Bertz CT molecular complexity index is 1110. The third kappa shape index (κ3) is 6.24. The van der Waals surface area contributed by atoms with E-state index >= 15 is 0 Å². The Morgan fingerprint density at radius 1 is 1.00 bits per heavy atom. The fraction of sp³-hybridized carbons (Fsp3) is 0.182. The molecule has 0 radical (unpaired) electrons. The highest BCUT2D eigenvalue weighted by atomic mass is 32.2. The van der Waals surface area contributed by atoms with E-state index in [1.54, 1.807) is 23.6 Å². The fourth-order valence-electron chi connectivity index (χ4n) is 2.82. The van der Waals surface area contributed by atoms with Crippen LogP contribution in [0.15, 0.2) is 76.3 Å². The topological polar surface area (TPSA) is 95.6 Å². The lowest BCUT2D eigenvalue weighted by molar-refractivity contribution is -0.116. The highest BCUT2D eigenvalue weighted by Crippen LogP contribution is 2.19. The minimum absolute atomic E-state index is 0.107.